The van der Waals surface area contributed by atoms with E-state index in [1.807, 2.05) is 10.8 Å². The summed E-state index contributed by atoms with van der Waals surface area (Å²) >= 11 is 0. The second-order valence-electron chi connectivity index (χ2n) is 2.18. The van der Waals surface area contributed by atoms with Crippen LogP contribution in [0.2, 0.25) is 0 Å². The largest absolute Gasteiger partial charge is 1.00 e. The van der Waals surface area contributed by atoms with Crippen molar-refractivity contribution in [1.29, 1.82) is 0 Å². The van der Waals surface area contributed by atoms with E-state index < -0.39 is 10.3 Å². The van der Waals surface area contributed by atoms with Gasteiger partial charge in [0.2, 0.25) is 0 Å². The van der Waals surface area contributed by atoms with Gasteiger partial charge in [-0.15, -0.1) is 0 Å². The van der Waals surface area contributed by atoms with Gasteiger partial charge in [-0.3, -0.25) is 0 Å². The van der Waals surface area contributed by atoms with Gasteiger partial charge in [0.15, 0.2) is 10.3 Å². The van der Waals surface area contributed by atoms with E-state index in [0.29, 0.717) is 6.42 Å². The Morgan fingerprint density at radius 3 is 2.55 bits per heavy atom. The maximum Gasteiger partial charge on any atom is 1.00 e. The topological polar surface area (TPSA) is 69.2 Å². The van der Waals surface area contributed by atoms with E-state index in [2.05, 4.69) is 0 Å². The zero-order valence-corrected chi connectivity index (χ0v) is 7.10. The summed E-state index contributed by atoms with van der Waals surface area (Å²) in [5.74, 6) is 0. The Hall–Kier alpha value is 0.207. The predicted octanol–water partition coefficient (Wildman–Crippen LogP) is -3.24. The van der Waals surface area contributed by atoms with Crippen molar-refractivity contribution in [3.63, 3.8) is 0 Å². The molecular weight excluding hydrogens is 161 g/mol. The van der Waals surface area contributed by atoms with Gasteiger partial charge in [0.25, 0.3) is 0 Å². The Labute approximate surface area is 78.1 Å². The molecule has 0 spiro atoms. The first kappa shape index (κ1) is 11.2. The Morgan fingerprint density at radius 1 is 1.55 bits per heavy atom. The molecule has 0 radical (unpaired) electrons. The molecule has 11 heavy (non-hydrogen) atoms. The molecule has 0 aromatic rings. The molecule has 4 nitrogen and oxygen atoms in total. The monoisotopic (exact) mass is 169 g/mol. The molecule has 1 atom stereocenters. The molecule has 0 saturated heterocycles. The van der Waals surface area contributed by atoms with Gasteiger partial charge in [-0.05, 0) is 12.8 Å². The third kappa shape index (κ3) is 4.61. The summed E-state index contributed by atoms with van der Waals surface area (Å²) in [6, 6.07) is -0.275. The van der Waals surface area contributed by atoms with Crippen LogP contribution in [0.5, 0.6) is 0 Å². The van der Waals surface area contributed by atoms with Crippen LogP contribution in [0.1, 0.15) is 12.8 Å². The summed E-state index contributed by atoms with van der Waals surface area (Å²) in [6.07, 6.45) is 5.08. The quantitative estimate of drug-likeness (QED) is 0.268. The molecule has 0 amide bonds. The molecule has 1 unspecified atom stereocenters. The van der Waals surface area contributed by atoms with Gasteiger partial charge in [-0.1, -0.05) is 12.2 Å². The predicted molar refractivity (Wildman–Crippen MR) is 35.0 cm³/mol. The van der Waals surface area contributed by atoms with Gasteiger partial charge >= 0.3 is 18.9 Å². The molecule has 1 aliphatic rings. The third-order valence-electron chi connectivity index (χ3n) is 1.31. The van der Waals surface area contributed by atoms with Crippen LogP contribution in [-0.2, 0) is 10.3 Å². The van der Waals surface area contributed by atoms with E-state index in [0.717, 1.165) is 6.42 Å². The summed E-state index contributed by atoms with van der Waals surface area (Å²) in [5.41, 5.74) is 0. The van der Waals surface area contributed by atoms with E-state index in [-0.39, 0.29) is 24.9 Å². The summed E-state index contributed by atoms with van der Waals surface area (Å²) in [6.45, 7) is 0. The number of allylic oxidation sites excluding steroid dienone is 1. The minimum atomic E-state index is -4.26. The van der Waals surface area contributed by atoms with Gasteiger partial charge in [-0.2, -0.15) is 0 Å². The molecule has 0 saturated carbocycles. The SMILES string of the molecule is O=S(=O)([O-])NC1C=CCC1.[Li+]. The summed E-state index contributed by atoms with van der Waals surface area (Å²) < 4.78 is 32.2. The number of hydrogen-bond acceptors (Lipinski definition) is 3. The zero-order chi connectivity index (χ0) is 7.61. The van der Waals surface area contributed by atoms with Crippen molar-refractivity contribution in [3.8, 4) is 0 Å². The molecular formula is C5H8LiNO3S. The van der Waals surface area contributed by atoms with Gasteiger partial charge < -0.3 is 4.55 Å². The van der Waals surface area contributed by atoms with E-state index in [1.165, 1.54) is 0 Å². The summed E-state index contributed by atoms with van der Waals surface area (Å²) in [5, 5.41) is 0. The Balaban J connectivity index is 0.000001000. The zero-order valence-electron chi connectivity index (χ0n) is 6.28. The Morgan fingerprint density at radius 2 is 2.18 bits per heavy atom. The van der Waals surface area contributed by atoms with Crippen LogP contribution in [0.15, 0.2) is 12.2 Å². The first-order valence-corrected chi connectivity index (χ1v) is 4.38. The van der Waals surface area contributed by atoms with Crippen molar-refractivity contribution in [2.45, 2.75) is 18.9 Å². The van der Waals surface area contributed by atoms with Gasteiger partial charge in [0.05, 0.1) is 0 Å². The maximum absolute atomic E-state index is 10.1. The molecule has 6 heteroatoms. The van der Waals surface area contributed by atoms with Crippen LogP contribution < -0.4 is 23.6 Å². The fourth-order valence-electron chi connectivity index (χ4n) is 0.916. The van der Waals surface area contributed by atoms with Gasteiger partial charge in [-0.25, -0.2) is 13.1 Å². The third-order valence-corrected chi connectivity index (χ3v) is 1.90. The first-order valence-electron chi connectivity index (χ1n) is 2.98. The normalized spacial score (nSPS) is 23.2. The molecule has 0 aromatic heterocycles. The molecule has 1 aliphatic carbocycles. The molecule has 0 bridgehead atoms. The van der Waals surface area contributed by atoms with Crippen molar-refractivity contribution < 1.29 is 31.8 Å². The van der Waals surface area contributed by atoms with Crippen LogP contribution in [0, 0.1) is 0 Å². The Kier molecular flexibility index (Phi) is 4.37. The van der Waals surface area contributed by atoms with Crippen LogP contribution in [0.4, 0.5) is 0 Å². The molecule has 1 N–H and O–H groups in total. The average Bonchev–Trinajstić information content (AvgIpc) is 2.12. The van der Waals surface area contributed by atoms with E-state index >= 15 is 0 Å². The van der Waals surface area contributed by atoms with Gasteiger partial charge in [0, 0.05) is 6.04 Å². The van der Waals surface area contributed by atoms with Crippen molar-refractivity contribution in [1.82, 2.24) is 4.72 Å². The van der Waals surface area contributed by atoms with Crippen molar-refractivity contribution in [3.05, 3.63) is 12.2 Å². The molecule has 0 heterocycles. The number of nitrogens with one attached hydrogen (secondary N) is 1. The average molecular weight is 169 g/mol. The summed E-state index contributed by atoms with van der Waals surface area (Å²) in [4.78, 5) is 0. The fourth-order valence-corrected chi connectivity index (χ4v) is 1.48. The van der Waals surface area contributed by atoms with Crippen LogP contribution in [-0.4, -0.2) is 19.0 Å². The fraction of sp³-hybridized carbons (Fsp3) is 0.600. The molecule has 0 fully saturated rings. The number of rotatable bonds is 2. The maximum atomic E-state index is 10.1. The van der Waals surface area contributed by atoms with Gasteiger partial charge in [0.1, 0.15) is 0 Å². The van der Waals surface area contributed by atoms with E-state index in [9.17, 15) is 13.0 Å². The van der Waals surface area contributed by atoms with Crippen LogP contribution >= 0.6 is 0 Å². The van der Waals surface area contributed by atoms with Crippen LogP contribution in [0.3, 0.4) is 0 Å². The van der Waals surface area contributed by atoms with Crippen molar-refractivity contribution in [2.75, 3.05) is 0 Å². The second kappa shape index (κ2) is 4.29. The molecule has 0 aliphatic heterocycles. The van der Waals surface area contributed by atoms with E-state index in [4.69, 9.17) is 0 Å². The first-order chi connectivity index (χ1) is 4.58. The smallest absolute Gasteiger partial charge is 0.735 e. The van der Waals surface area contributed by atoms with Crippen LogP contribution in [0.25, 0.3) is 0 Å². The Bertz CT molecular complexity index is 236. The standard InChI is InChI=1S/C5H9NO3S.Li/c7-10(8,9)6-5-3-1-2-4-5;/h1,3,5-6H,2,4H2,(H,7,8,9);/q;+1/p-1. The van der Waals surface area contributed by atoms with Crippen molar-refractivity contribution >= 4 is 10.3 Å². The summed E-state index contributed by atoms with van der Waals surface area (Å²) in [7, 11) is -4.26. The minimum absolute atomic E-state index is 0. The molecule has 58 valence electrons. The second-order valence-corrected chi connectivity index (χ2v) is 3.33. The number of hydrogen-bond donors (Lipinski definition) is 1. The minimum Gasteiger partial charge on any atom is -0.735 e. The molecule has 1 rings (SSSR count). The molecule has 0 aromatic carbocycles. The van der Waals surface area contributed by atoms with E-state index in [1.54, 1.807) is 6.08 Å². The van der Waals surface area contributed by atoms with Crippen molar-refractivity contribution in [2.24, 2.45) is 0 Å².